The van der Waals surface area contributed by atoms with Gasteiger partial charge >= 0.3 is 0 Å². The van der Waals surface area contributed by atoms with Crippen LogP contribution in [0.2, 0.25) is 5.02 Å². The molecule has 15 heavy (non-hydrogen) atoms. The molecule has 0 saturated carbocycles. The van der Waals surface area contributed by atoms with E-state index in [2.05, 4.69) is 42.0 Å². The normalized spacial score (nSPS) is 14.7. The summed E-state index contributed by atoms with van der Waals surface area (Å²) in [6.07, 6.45) is 1.17. The van der Waals surface area contributed by atoms with Crippen molar-refractivity contribution in [1.29, 1.82) is 0 Å². The minimum atomic E-state index is 0.449. The van der Waals surface area contributed by atoms with Crippen LogP contribution < -0.4 is 5.32 Å². The summed E-state index contributed by atoms with van der Waals surface area (Å²) in [5.74, 6) is 0.649. The summed E-state index contributed by atoms with van der Waals surface area (Å²) in [5.41, 5.74) is 1.07. The van der Waals surface area contributed by atoms with E-state index in [9.17, 15) is 0 Å². The summed E-state index contributed by atoms with van der Waals surface area (Å²) in [6, 6.07) is 6.24. The van der Waals surface area contributed by atoms with Crippen molar-refractivity contribution in [3.63, 3.8) is 0 Å². The van der Waals surface area contributed by atoms with E-state index in [0.29, 0.717) is 12.0 Å². The largest absolute Gasteiger partial charge is 0.381 e. The molecule has 0 aliphatic carbocycles. The highest BCUT2D eigenvalue weighted by Gasteiger charge is 2.11. The third-order valence-corrected chi connectivity index (χ3v) is 3.74. The second kappa shape index (κ2) is 5.76. The van der Waals surface area contributed by atoms with Crippen LogP contribution in [0.3, 0.4) is 0 Å². The first-order valence-electron chi connectivity index (χ1n) is 5.26. The van der Waals surface area contributed by atoms with Gasteiger partial charge < -0.3 is 5.32 Å². The van der Waals surface area contributed by atoms with Gasteiger partial charge in [-0.25, -0.2) is 0 Å². The molecule has 84 valence electrons. The Bertz CT molecular complexity index is 327. The van der Waals surface area contributed by atoms with Crippen molar-refractivity contribution < 1.29 is 0 Å². The lowest BCUT2D eigenvalue weighted by molar-refractivity contribution is 0.494. The highest BCUT2D eigenvalue weighted by atomic mass is 79.9. The van der Waals surface area contributed by atoms with Gasteiger partial charge in [-0.3, -0.25) is 0 Å². The first-order valence-corrected chi connectivity index (χ1v) is 6.43. The van der Waals surface area contributed by atoms with Crippen LogP contribution in [0, 0.1) is 5.92 Å². The zero-order valence-corrected chi connectivity index (χ0v) is 11.7. The van der Waals surface area contributed by atoms with Gasteiger partial charge in [-0.05, 0) is 47.0 Å². The van der Waals surface area contributed by atoms with Crippen molar-refractivity contribution in [2.24, 2.45) is 5.92 Å². The molecule has 1 rings (SSSR count). The van der Waals surface area contributed by atoms with E-state index in [1.54, 1.807) is 0 Å². The molecule has 0 aliphatic rings. The summed E-state index contributed by atoms with van der Waals surface area (Å²) >= 11 is 9.46. The van der Waals surface area contributed by atoms with Gasteiger partial charge in [-0.15, -0.1) is 0 Å². The molecule has 0 saturated heterocycles. The summed E-state index contributed by atoms with van der Waals surface area (Å²) in [7, 11) is 0. The molecule has 2 atom stereocenters. The molecule has 3 heteroatoms. The van der Waals surface area contributed by atoms with Crippen LogP contribution in [0.15, 0.2) is 22.7 Å². The maximum atomic E-state index is 5.95. The van der Waals surface area contributed by atoms with Crippen LogP contribution in [0.5, 0.6) is 0 Å². The molecule has 1 aromatic carbocycles. The summed E-state index contributed by atoms with van der Waals surface area (Å²) in [4.78, 5) is 0. The van der Waals surface area contributed by atoms with Gasteiger partial charge in [0.15, 0.2) is 0 Å². The smallest absolute Gasteiger partial charge is 0.0501 e. The Morgan fingerprint density at radius 3 is 2.67 bits per heavy atom. The number of rotatable bonds is 4. The molecule has 0 heterocycles. The molecule has 0 spiro atoms. The zero-order chi connectivity index (χ0) is 11.4. The van der Waals surface area contributed by atoms with Crippen LogP contribution >= 0.6 is 27.5 Å². The Kier molecular flexibility index (Phi) is 4.94. The van der Waals surface area contributed by atoms with Crippen molar-refractivity contribution in [1.82, 2.24) is 0 Å². The fourth-order valence-corrected chi connectivity index (χ4v) is 1.88. The van der Waals surface area contributed by atoms with Crippen LogP contribution in [0.4, 0.5) is 5.69 Å². The van der Waals surface area contributed by atoms with Crippen molar-refractivity contribution >= 4 is 33.2 Å². The maximum absolute atomic E-state index is 5.95. The average molecular weight is 291 g/mol. The number of nitrogens with one attached hydrogen (secondary N) is 1. The maximum Gasteiger partial charge on any atom is 0.0501 e. The van der Waals surface area contributed by atoms with Gasteiger partial charge in [-0.2, -0.15) is 0 Å². The Morgan fingerprint density at radius 2 is 2.07 bits per heavy atom. The molecule has 0 aliphatic heterocycles. The lowest BCUT2D eigenvalue weighted by Gasteiger charge is -2.22. The van der Waals surface area contributed by atoms with Gasteiger partial charge in [0, 0.05) is 15.5 Å². The molecular formula is C12H17BrClN. The number of halogens is 2. The average Bonchev–Trinajstić information content (AvgIpc) is 2.22. The van der Waals surface area contributed by atoms with E-state index in [1.807, 2.05) is 18.2 Å². The Labute approximate surface area is 105 Å². The number of benzene rings is 1. The predicted octanol–water partition coefficient (Wildman–Crippen LogP) is 4.95. The Morgan fingerprint density at radius 1 is 1.40 bits per heavy atom. The van der Waals surface area contributed by atoms with Crippen LogP contribution in [0.1, 0.15) is 27.2 Å². The van der Waals surface area contributed by atoms with Gasteiger partial charge in [0.1, 0.15) is 0 Å². The summed E-state index contributed by atoms with van der Waals surface area (Å²) in [5, 5.41) is 4.23. The van der Waals surface area contributed by atoms with Crippen LogP contribution in [-0.4, -0.2) is 6.04 Å². The Balaban J connectivity index is 2.75. The third kappa shape index (κ3) is 3.69. The van der Waals surface area contributed by atoms with Crippen molar-refractivity contribution in [3.8, 4) is 0 Å². The minimum Gasteiger partial charge on any atom is -0.381 e. The van der Waals surface area contributed by atoms with E-state index < -0.39 is 0 Å². The SMILES string of the molecule is CCC(C)C(C)Nc1cc(Cl)ccc1Br. The number of anilines is 1. The van der Waals surface area contributed by atoms with Crippen molar-refractivity contribution in [3.05, 3.63) is 27.7 Å². The molecule has 1 nitrogen and oxygen atoms in total. The third-order valence-electron chi connectivity index (χ3n) is 2.81. The molecule has 1 aromatic rings. The first kappa shape index (κ1) is 12.9. The fraction of sp³-hybridized carbons (Fsp3) is 0.500. The van der Waals surface area contributed by atoms with E-state index in [0.717, 1.165) is 15.2 Å². The molecule has 2 unspecified atom stereocenters. The topological polar surface area (TPSA) is 12.0 Å². The molecule has 0 fully saturated rings. The number of hydrogen-bond acceptors (Lipinski definition) is 1. The highest BCUT2D eigenvalue weighted by Crippen LogP contribution is 2.27. The number of hydrogen-bond donors (Lipinski definition) is 1. The molecule has 0 amide bonds. The van der Waals surface area contributed by atoms with Crippen LogP contribution in [-0.2, 0) is 0 Å². The molecular weight excluding hydrogens is 273 g/mol. The van der Waals surface area contributed by atoms with Gasteiger partial charge in [-0.1, -0.05) is 31.9 Å². The molecule has 1 N–H and O–H groups in total. The monoisotopic (exact) mass is 289 g/mol. The van der Waals surface area contributed by atoms with E-state index in [4.69, 9.17) is 11.6 Å². The lowest BCUT2D eigenvalue weighted by Crippen LogP contribution is -2.23. The minimum absolute atomic E-state index is 0.449. The quantitative estimate of drug-likeness (QED) is 0.827. The van der Waals surface area contributed by atoms with E-state index in [-0.39, 0.29) is 0 Å². The zero-order valence-electron chi connectivity index (χ0n) is 9.35. The Hall–Kier alpha value is -0.210. The van der Waals surface area contributed by atoms with Gasteiger partial charge in [0.25, 0.3) is 0 Å². The van der Waals surface area contributed by atoms with Crippen LogP contribution in [0.25, 0.3) is 0 Å². The van der Waals surface area contributed by atoms with Crippen molar-refractivity contribution in [2.45, 2.75) is 33.2 Å². The van der Waals surface area contributed by atoms with Crippen molar-refractivity contribution in [2.75, 3.05) is 5.32 Å². The fourth-order valence-electron chi connectivity index (χ4n) is 1.35. The van der Waals surface area contributed by atoms with E-state index in [1.165, 1.54) is 6.42 Å². The second-order valence-corrected chi connectivity index (χ2v) is 5.23. The summed E-state index contributed by atoms with van der Waals surface area (Å²) < 4.78 is 1.06. The highest BCUT2D eigenvalue weighted by molar-refractivity contribution is 9.10. The lowest BCUT2D eigenvalue weighted by atomic mass is 10.0. The molecule has 0 bridgehead atoms. The molecule has 0 radical (unpaired) electrons. The first-order chi connectivity index (χ1) is 7.04. The standard InChI is InChI=1S/C12H17BrClN/c1-4-8(2)9(3)15-12-7-10(14)5-6-11(12)13/h5-9,15H,4H2,1-3H3. The van der Waals surface area contributed by atoms with Gasteiger partial charge in [0.2, 0.25) is 0 Å². The molecule has 0 aromatic heterocycles. The van der Waals surface area contributed by atoms with Gasteiger partial charge in [0.05, 0.1) is 5.69 Å². The summed E-state index contributed by atoms with van der Waals surface area (Å²) in [6.45, 7) is 6.65. The van der Waals surface area contributed by atoms with E-state index >= 15 is 0 Å². The second-order valence-electron chi connectivity index (χ2n) is 3.94. The predicted molar refractivity (Wildman–Crippen MR) is 71.7 cm³/mol.